The lowest BCUT2D eigenvalue weighted by molar-refractivity contribution is -0.146. The van der Waals surface area contributed by atoms with Crippen LogP contribution in [0.5, 0.6) is 0 Å². The average Bonchev–Trinajstić information content (AvgIpc) is 2.46. The summed E-state index contributed by atoms with van der Waals surface area (Å²) in [4.78, 5) is 12.1. The minimum absolute atomic E-state index is 0.276. The molecule has 4 nitrogen and oxygen atoms in total. The summed E-state index contributed by atoms with van der Waals surface area (Å²) >= 11 is 6.16. The van der Waals surface area contributed by atoms with Crippen LogP contribution in [0.15, 0.2) is 30.3 Å². The number of alkyl halides is 1. The van der Waals surface area contributed by atoms with Gasteiger partial charge in [-0.15, -0.1) is 0 Å². The molecule has 1 rings (SSSR count). The van der Waals surface area contributed by atoms with Gasteiger partial charge in [0, 0.05) is 5.30 Å². The van der Waals surface area contributed by atoms with Crippen molar-refractivity contribution in [3.8, 4) is 0 Å². The van der Waals surface area contributed by atoms with Crippen molar-refractivity contribution in [1.82, 2.24) is 0 Å². The molecule has 6 heteroatoms. The standard InChI is InChI=1S/C15H22ClO4P/c1-5-12(4)19-15(17)14(16)21(18,20-11(2)3)13-9-7-6-8-10-13/h6-12,14H,5H2,1-4H3. The zero-order chi connectivity index (χ0) is 16.0. The van der Waals surface area contributed by atoms with Crippen LogP contribution in [0.4, 0.5) is 0 Å². The van der Waals surface area contributed by atoms with E-state index in [-0.39, 0.29) is 12.2 Å². The van der Waals surface area contributed by atoms with Crippen LogP contribution in [0.2, 0.25) is 0 Å². The van der Waals surface area contributed by atoms with E-state index in [2.05, 4.69) is 0 Å². The van der Waals surface area contributed by atoms with Crippen LogP contribution in [-0.4, -0.2) is 23.3 Å². The molecule has 0 saturated heterocycles. The Kier molecular flexibility index (Phi) is 6.92. The van der Waals surface area contributed by atoms with Crippen LogP contribution in [0, 0.1) is 0 Å². The maximum absolute atomic E-state index is 13.2. The highest BCUT2D eigenvalue weighted by atomic mass is 35.5. The number of halogens is 1. The molecular weight excluding hydrogens is 311 g/mol. The van der Waals surface area contributed by atoms with Crippen molar-refractivity contribution >= 4 is 30.2 Å². The summed E-state index contributed by atoms with van der Waals surface area (Å²) in [7, 11) is -3.55. The quantitative estimate of drug-likeness (QED) is 0.431. The van der Waals surface area contributed by atoms with Crippen LogP contribution >= 0.6 is 19.0 Å². The van der Waals surface area contributed by atoms with Gasteiger partial charge >= 0.3 is 5.97 Å². The largest absolute Gasteiger partial charge is 0.461 e. The molecule has 0 heterocycles. The van der Waals surface area contributed by atoms with Crippen LogP contribution in [0.25, 0.3) is 0 Å². The molecule has 1 aromatic rings. The number of carbonyl (C=O) groups is 1. The SMILES string of the molecule is CCC(C)OC(=O)C(Cl)P(=O)(OC(C)C)c1ccccc1. The Bertz CT molecular complexity index is 504. The van der Waals surface area contributed by atoms with Gasteiger partial charge < -0.3 is 9.26 Å². The summed E-state index contributed by atoms with van der Waals surface area (Å²) in [6.07, 6.45) is 0.0615. The molecule has 3 atom stereocenters. The smallest absolute Gasteiger partial charge is 0.334 e. The van der Waals surface area contributed by atoms with E-state index < -0.39 is 18.5 Å². The first kappa shape index (κ1) is 18.2. The molecule has 0 aliphatic heterocycles. The first-order chi connectivity index (χ1) is 9.81. The molecule has 0 amide bonds. The van der Waals surface area contributed by atoms with Crippen molar-refractivity contribution in [3.63, 3.8) is 0 Å². The Morgan fingerprint density at radius 2 is 1.81 bits per heavy atom. The molecule has 0 bridgehead atoms. The summed E-state index contributed by atoms with van der Waals surface area (Å²) in [5.74, 6) is -0.709. The zero-order valence-electron chi connectivity index (χ0n) is 12.8. The fourth-order valence-corrected chi connectivity index (χ4v) is 4.24. The van der Waals surface area contributed by atoms with E-state index in [0.717, 1.165) is 0 Å². The molecule has 0 aliphatic rings. The number of hydrogen-bond acceptors (Lipinski definition) is 4. The third kappa shape index (κ3) is 4.84. The predicted octanol–water partition coefficient (Wildman–Crippen LogP) is 3.92. The first-order valence-corrected chi connectivity index (χ1v) is 9.12. The summed E-state index contributed by atoms with van der Waals surface area (Å²) < 4.78 is 23.9. The van der Waals surface area contributed by atoms with Crippen molar-refractivity contribution in [2.75, 3.05) is 0 Å². The number of hydrogen-bond donors (Lipinski definition) is 0. The molecule has 1 aromatic carbocycles. The summed E-state index contributed by atoms with van der Waals surface area (Å²) in [6, 6.07) is 8.55. The molecule has 0 spiro atoms. The molecule has 3 unspecified atom stereocenters. The second kappa shape index (κ2) is 7.98. The van der Waals surface area contributed by atoms with E-state index in [9.17, 15) is 9.36 Å². The lowest BCUT2D eigenvalue weighted by Gasteiger charge is -2.25. The Balaban J connectivity index is 3.08. The highest BCUT2D eigenvalue weighted by Crippen LogP contribution is 2.54. The normalized spacial score (nSPS) is 17.0. The molecule has 118 valence electrons. The number of ether oxygens (including phenoxy) is 1. The van der Waals surface area contributed by atoms with E-state index in [1.165, 1.54) is 0 Å². The molecule has 0 aromatic heterocycles. The lowest BCUT2D eigenvalue weighted by Crippen LogP contribution is -2.28. The van der Waals surface area contributed by atoms with Gasteiger partial charge in [0.1, 0.15) is 0 Å². The Morgan fingerprint density at radius 3 is 2.29 bits per heavy atom. The van der Waals surface area contributed by atoms with E-state index >= 15 is 0 Å². The van der Waals surface area contributed by atoms with E-state index in [4.69, 9.17) is 20.9 Å². The Hall–Kier alpha value is -0.830. The fourth-order valence-electron chi connectivity index (χ4n) is 1.67. The fraction of sp³-hybridized carbons (Fsp3) is 0.533. The predicted molar refractivity (Wildman–Crippen MR) is 85.4 cm³/mol. The van der Waals surface area contributed by atoms with Crippen LogP contribution in [-0.2, 0) is 18.6 Å². The topological polar surface area (TPSA) is 52.6 Å². The number of carbonyl (C=O) groups excluding carboxylic acids is 1. The van der Waals surface area contributed by atoms with Crippen molar-refractivity contribution in [3.05, 3.63) is 30.3 Å². The number of rotatable bonds is 7. The van der Waals surface area contributed by atoms with Gasteiger partial charge in [0.15, 0.2) is 0 Å². The highest BCUT2D eigenvalue weighted by Gasteiger charge is 2.42. The maximum Gasteiger partial charge on any atom is 0.334 e. The van der Waals surface area contributed by atoms with Crippen LogP contribution < -0.4 is 5.30 Å². The molecule has 0 N–H and O–H groups in total. The van der Waals surface area contributed by atoms with E-state index in [0.29, 0.717) is 11.7 Å². The first-order valence-electron chi connectivity index (χ1n) is 6.99. The minimum atomic E-state index is -3.55. The lowest BCUT2D eigenvalue weighted by atomic mass is 10.3. The summed E-state index contributed by atoms with van der Waals surface area (Å²) in [5.41, 5.74) is 0. The summed E-state index contributed by atoms with van der Waals surface area (Å²) in [6.45, 7) is 7.15. The molecule has 0 radical (unpaired) electrons. The minimum Gasteiger partial charge on any atom is -0.461 e. The monoisotopic (exact) mass is 332 g/mol. The van der Waals surface area contributed by atoms with Gasteiger partial charge in [0.05, 0.1) is 12.2 Å². The molecular formula is C15H22ClO4P. The second-order valence-corrected chi connectivity index (χ2v) is 8.26. The van der Waals surface area contributed by atoms with Gasteiger partial charge in [0.2, 0.25) is 5.12 Å². The maximum atomic E-state index is 13.2. The molecule has 0 fully saturated rings. The number of benzene rings is 1. The molecule has 0 saturated carbocycles. The van der Waals surface area contributed by atoms with E-state index in [1.807, 2.05) is 6.92 Å². The van der Waals surface area contributed by atoms with Gasteiger partial charge in [0.25, 0.3) is 7.37 Å². The van der Waals surface area contributed by atoms with Gasteiger partial charge in [-0.3, -0.25) is 4.57 Å². The van der Waals surface area contributed by atoms with Gasteiger partial charge in [-0.05, 0) is 39.3 Å². The average molecular weight is 333 g/mol. The van der Waals surface area contributed by atoms with Gasteiger partial charge in [-0.2, -0.15) is 0 Å². The van der Waals surface area contributed by atoms with E-state index in [1.54, 1.807) is 51.1 Å². The Labute approximate surface area is 131 Å². The van der Waals surface area contributed by atoms with Gasteiger partial charge in [-0.25, -0.2) is 4.79 Å². The van der Waals surface area contributed by atoms with Crippen LogP contribution in [0.1, 0.15) is 34.1 Å². The van der Waals surface area contributed by atoms with Crippen molar-refractivity contribution < 1.29 is 18.6 Å². The van der Waals surface area contributed by atoms with Crippen LogP contribution in [0.3, 0.4) is 0 Å². The summed E-state index contributed by atoms with van der Waals surface area (Å²) in [5, 5.41) is -0.934. The highest BCUT2D eigenvalue weighted by molar-refractivity contribution is 7.70. The third-order valence-corrected chi connectivity index (χ3v) is 6.38. The molecule has 0 aliphatic carbocycles. The second-order valence-electron chi connectivity index (χ2n) is 5.08. The van der Waals surface area contributed by atoms with Crippen molar-refractivity contribution in [2.24, 2.45) is 0 Å². The van der Waals surface area contributed by atoms with Crippen molar-refractivity contribution in [2.45, 2.75) is 51.4 Å². The number of esters is 1. The van der Waals surface area contributed by atoms with Crippen molar-refractivity contribution in [1.29, 1.82) is 0 Å². The molecule has 21 heavy (non-hydrogen) atoms. The third-order valence-electron chi connectivity index (χ3n) is 2.87. The Morgan fingerprint density at radius 1 is 1.24 bits per heavy atom. The van der Waals surface area contributed by atoms with Gasteiger partial charge in [-0.1, -0.05) is 36.7 Å². The zero-order valence-corrected chi connectivity index (χ0v) is 14.4.